The van der Waals surface area contributed by atoms with E-state index in [1.807, 2.05) is 60.9 Å². The van der Waals surface area contributed by atoms with E-state index in [4.69, 9.17) is 23.8 Å². The Labute approximate surface area is 225 Å². The first kappa shape index (κ1) is 24.8. The molecule has 0 bridgehead atoms. The van der Waals surface area contributed by atoms with E-state index < -0.39 is 0 Å². The number of halogens is 1. The number of thiocarbonyl (C=S) groups is 1. The van der Waals surface area contributed by atoms with Gasteiger partial charge in [0.2, 0.25) is 5.91 Å². The molecule has 0 saturated carbocycles. The second kappa shape index (κ2) is 9.88. The minimum Gasteiger partial charge on any atom is -0.506 e. The van der Waals surface area contributed by atoms with E-state index in [1.54, 1.807) is 24.4 Å². The van der Waals surface area contributed by atoms with Gasteiger partial charge in [0.15, 0.2) is 5.11 Å². The Morgan fingerprint density at radius 3 is 2.54 bits per heavy atom. The van der Waals surface area contributed by atoms with E-state index in [-0.39, 0.29) is 23.7 Å². The highest BCUT2D eigenvalue weighted by Gasteiger charge is 2.42. The predicted molar refractivity (Wildman–Crippen MR) is 151 cm³/mol. The molecule has 0 spiro atoms. The third-order valence-electron chi connectivity index (χ3n) is 6.53. The summed E-state index contributed by atoms with van der Waals surface area (Å²) in [7, 11) is 0. The second-order valence-corrected chi connectivity index (χ2v) is 9.84. The van der Waals surface area contributed by atoms with Crippen LogP contribution in [0.25, 0.3) is 5.69 Å². The molecule has 1 aliphatic heterocycles. The summed E-state index contributed by atoms with van der Waals surface area (Å²) in [6, 6.07) is 20.1. The molecule has 3 N–H and O–H groups in total. The number of anilines is 2. The number of rotatable bonds is 5. The average molecular weight is 532 g/mol. The molecule has 1 fully saturated rings. The van der Waals surface area contributed by atoms with Crippen LogP contribution in [0.5, 0.6) is 5.75 Å². The summed E-state index contributed by atoms with van der Waals surface area (Å²) in [5.41, 5.74) is 6.00. The summed E-state index contributed by atoms with van der Waals surface area (Å²) in [4.78, 5) is 18.2. The molecule has 1 amide bonds. The molecule has 37 heavy (non-hydrogen) atoms. The molecule has 7 nitrogen and oxygen atoms in total. The van der Waals surface area contributed by atoms with Crippen molar-refractivity contribution in [3.8, 4) is 11.4 Å². The first-order chi connectivity index (χ1) is 17.7. The van der Waals surface area contributed by atoms with Crippen LogP contribution in [-0.4, -0.2) is 25.7 Å². The molecule has 1 saturated heterocycles. The van der Waals surface area contributed by atoms with Crippen molar-refractivity contribution in [1.82, 2.24) is 14.9 Å². The predicted octanol–water partition coefficient (Wildman–Crippen LogP) is 5.98. The number of benzene rings is 2. The lowest BCUT2D eigenvalue weighted by Crippen LogP contribution is -2.29. The van der Waals surface area contributed by atoms with Gasteiger partial charge < -0.3 is 25.2 Å². The number of carbonyl (C=O) groups is 1. The molecule has 1 aliphatic rings. The molecule has 3 heterocycles. The Hall–Kier alpha value is -3.88. The van der Waals surface area contributed by atoms with Crippen LogP contribution in [0.3, 0.4) is 0 Å². The van der Waals surface area contributed by atoms with Crippen molar-refractivity contribution in [2.45, 2.75) is 32.9 Å². The molecule has 5 rings (SSSR count). The van der Waals surface area contributed by atoms with Gasteiger partial charge in [-0.2, -0.15) is 0 Å². The van der Waals surface area contributed by atoms with E-state index >= 15 is 0 Å². The van der Waals surface area contributed by atoms with Gasteiger partial charge in [0.05, 0.1) is 23.5 Å². The maximum absolute atomic E-state index is 11.5. The molecule has 9 heteroatoms. The van der Waals surface area contributed by atoms with Crippen LogP contribution in [0.1, 0.15) is 41.7 Å². The molecule has 2 aromatic heterocycles. The van der Waals surface area contributed by atoms with Gasteiger partial charge in [0, 0.05) is 40.9 Å². The van der Waals surface area contributed by atoms with Gasteiger partial charge in [-0.25, -0.2) is 0 Å². The smallest absolute Gasteiger partial charge is 0.221 e. The number of phenols is 1. The summed E-state index contributed by atoms with van der Waals surface area (Å²) >= 11 is 12.1. The highest BCUT2D eigenvalue weighted by molar-refractivity contribution is 7.80. The zero-order chi connectivity index (χ0) is 26.3. The van der Waals surface area contributed by atoms with Gasteiger partial charge in [-0.15, -0.1) is 0 Å². The van der Waals surface area contributed by atoms with E-state index in [1.165, 1.54) is 6.92 Å². The van der Waals surface area contributed by atoms with E-state index in [0.29, 0.717) is 21.5 Å². The van der Waals surface area contributed by atoms with E-state index in [2.05, 4.69) is 26.6 Å². The van der Waals surface area contributed by atoms with Crippen molar-refractivity contribution in [3.05, 3.63) is 101 Å². The zero-order valence-corrected chi connectivity index (χ0v) is 22.1. The number of aryl methyl sites for hydroxylation is 1. The molecular formula is C28H26ClN5O2S. The Kier molecular flexibility index (Phi) is 6.62. The van der Waals surface area contributed by atoms with Crippen molar-refractivity contribution in [2.24, 2.45) is 0 Å². The lowest BCUT2D eigenvalue weighted by Gasteiger charge is -2.28. The number of aromatic nitrogens is 2. The van der Waals surface area contributed by atoms with Gasteiger partial charge in [-0.05, 0) is 92.3 Å². The molecule has 0 radical (unpaired) electrons. The number of hydrogen-bond acceptors (Lipinski definition) is 4. The largest absolute Gasteiger partial charge is 0.506 e. The second-order valence-electron chi connectivity index (χ2n) is 9.02. The quantitative estimate of drug-likeness (QED) is 0.275. The van der Waals surface area contributed by atoms with Gasteiger partial charge in [0.1, 0.15) is 5.75 Å². The van der Waals surface area contributed by atoms with Crippen molar-refractivity contribution >= 4 is 46.2 Å². The SMILES string of the molecule is CC(=O)Nc1ccc(N2C(=S)N[C@@H](c3ccccn3)[C@@H]2c2cc(C)n(-c3cc(Cl)ccc3O)c2C)cc1. The summed E-state index contributed by atoms with van der Waals surface area (Å²) in [6.07, 6.45) is 1.77. The third kappa shape index (κ3) is 4.65. The van der Waals surface area contributed by atoms with Crippen LogP contribution < -0.4 is 15.5 Å². The fourth-order valence-corrected chi connectivity index (χ4v) is 5.50. The van der Waals surface area contributed by atoms with Crippen molar-refractivity contribution in [2.75, 3.05) is 10.2 Å². The van der Waals surface area contributed by atoms with Gasteiger partial charge in [0.25, 0.3) is 0 Å². The van der Waals surface area contributed by atoms with Crippen LogP contribution in [0.15, 0.2) is 72.9 Å². The average Bonchev–Trinajstić information content (AvgIpc) is 3.36. The van der Waals surface area contributed by atoms with Gasteiger partial charge in [-0.3, -0.25) is 9.78 Å². The third-order valence-corrected chi connectivity index (χ3v) is 7.08. The summed E-state index contributed by atoms with van der Waals surface area (Å²) in [5.74, 6) is 0.0143. The minimum absolute atomic E-state index is 0.129. The lowest BCUT2D eigenvalue weighted by atomic mass is 9.96. The number of nitrogens with one attached hydrogen (secondary N) is 2. The number of nitrogens with zero attached hydrogens (tertiary/aromatic N) is 3. The van der Waals surface area contributed by atoms with Crippen molar-refractivity contribution in [3.63, 3.8) is 0 Å². The summed E-state index contributed by atoms with van der Waals surface area (Å²) in [5, 5.41) is 18.0. The Morgan fingerprint density at radius 1 is 1.11 bits per heavy atom. The summed E-state index contributed by atoms with van der Waals surface area (Å²) in [6.45, 7) is 5.51. The minimum atomic E-state index is -0.227. The fourth-order valence-electron chi connectivity index (χ4n) is 4.99. The number of phenolic OH excluding ortho intramolecular Hbond substituents is 1. The maximum atomic E-state index is 11.5. The highest BCUT2D eigenvalue weighted by atomic mass is 35.5. The van der Waals surface area contributed by atoms with Crippen molar-refractivity contribution in [1.29, 1.82) is 0 Å². The summed E-state index contributed by atoms with van der Waals surface area (Å²) < 4.78 is 2.01. The van der Waals surface area contributed by atoms with Crippen molar-refractivity contribution < 1.29 is 9.90 Å². The zero-order valence-electron chi connectivity index (χ0n) is 20.6. The molecule has 188 valence electrons. The Bertz CT molecular complexity index is 1490. The molecule has 0 aliphatic carbocycles. The molecule has 2 aromatic carbocycles. The lowest BCUT2D eigenvalue weighted by molar-refractivity contribution is -0.114. The molecule has 2 atom stereocenters. The van der Waals surface area contributed by atoms with Crippen LogP contribution in [-0.2, 0) is 4.79 Å². The van der Waals surface area contributed by atoms with E-state index in [0.717, 1.165) is 28.3 Å². The number of hydrogen-bond donors (Lipinski definition) is 3. The first-order valence-electron chi connectivity index (χ1n) is 11.8. The van der Waals surface area contributed by atoms with Crippen LogP contribution in [0.2, 0.25) is 5.02 Å². The Morgan fingerprint density at radius 2 is 1.86 bits per heavy atom. The molecule has 0 unspecified atom stereocenters. The monoisotopic (exact) mass is 531 g/mol. The number of amides is 1. The van der Waals surface area contributed by atoms with Crippen LogP contribution in [0.4, 0.5) is 11.4 Å². The number of carbonyl (C=O) groups excluding carboxylic acids is 1. The topological polar surface area (TPSA) is 82.4 Å². The van der Waals surface area contributed by atoms with Gasteiger partial charge in [-0.1, -0.05) is 17.7 Å². The Balaban J connectivity index is 1.65. The van der Waals surface area contributed by atoms with Gasteiger partial charge >= 0.3 is 0 Å². The molecule has 4 aromatic rings. The maximum Gasteiger partial charge on any atom is 0.221 e. The normalized spacial score (nSPS) is 17.1. The highest BCUT2D eigenvalue weighted by Crippen LogP contribution is 2.44. The van der Waals surface area contributed by atoms with Crippen LogP contribution in [0, 0.1) is 13.8 Å². The van der Waals surface area contributed by atoms with Crippen LogP contribution >= 0.6 is 23.8 Å². The standard InChI is InChI=1S/C28H26ClN5O2S/c1-16-14-22(17(2)33(16)24-15-19(29)7-12-25(24)36)27-26(23-6-4-5-13-30-23)32-28(37)34(27)21-10-8-20(9-11-21)31-18(3)35/h4-15,26-27,36H,1-3H3,(H,31,35)(H,32,37)/t26-,27-/m0/s1. The first-order valence-corrected chi connectivity index (χ1v) is 12.6. The number of aromatic hydroxyl groups is 1. The van der Waals surface area contributed by atoms with E-state index in [9.17, 15) is 9.90 Å². The number of pyridine rings is 1. The molecular weight excluding hydrogens is 506 g/mol. The fraction of sp³-hybridized carbons (Fsp3) is 0.179.